The minimum absolute atomic E-state index is 0.300. The van der Waals surface area contributed by atoms with Crippen LogP contribution in [-0.2, 0) is 4.74 Å². The first kappa shape index (κ1) is 12.0. The fraction of sp³-hybridized carbons (Fsp3) is 0.500. The summed E-state index contributed by atoms with van der Waals surface area (Å²) in [6, 6.07) is 5.87. The number of fused-ring (bicyclic) bond motifs is 1. The molecule has 2 unspecified atom stereocenters. The number of anilines is 1. The Balaban J connectivity index is 2.00. The van der Waals surface area contributed by atoms with Crippen molar-refractivity contribution in [2.45, 2.75) is 31.4 Å². The number of rotatable bonds is 2. The summed E-state index contributed by atoms with van der Waals surface area (Å²) in [5, 5.41) is 0.659. The maximum absolute atomic E-state index is 11.2. The largest absolute Gasteiger partial charge is 0.374 e. The van der Waals surface area contributed by atoms with Crippen molar-refractivity contribution in [2.24, 2.45) is 0 Å². The molecule has 96 valence electrons. The summed E-state index contributed by atoms with van der Waals surface area (Å²) >= 11 is 6.29. The maximum Gasteiger partial charge on any atom is 0.152 e. The number of hydrogen-bond acceptors (Lipinski definition) is 3. The van der Waals surface area contributed by atoms with Gasteiger partial charge in [-0.1, -0.05) is 17.7 Å². The molecule has 2 atom stereocenters. The zero-order valence-electron chi connectivity index (χ0n) is 10.1. The number of halogens is 1. The molecule has 0 bridgehead atoms. The van der Waals surface area contributed by atoms with Gasteiger partial charge < -0.3 is 9.64 Å². The molecule has 1 saturated heterocycles. The fourth-order valence-electron chi connectivity index (χ4n) is 3.13. The van der Waals surface area contributed by atoms with Crippen molar-refractivity contribution in [3.63, 3.8) is 0 Å². The van der Waals surface area contributed by atoms with Gasteiger partial charge in [-0.2, -0.15) is 0 Å². The Morgan fingerprint density at radius 1 is 1.39 bits per heavy atom. The summed E-state index contributed by atoms with van der Waals surface area (Å²) < 4.78 is 5.79. The van der Waals surface area contributed by atoms with Gasteiger partial charge in [0, 0.05) is 12.1 Å². The van der Waals surface area contributed by atoms with E-state index in [-0.39, 0.29) is 0 Å². The molecule has 3 nitrogen and oxygen atoms in total. The third-order valence-electron chi connectivity index (χ3n) is 3.91. The van der Waals surface area contributed by atoms with Crippen LogP contribution in [-0.4, -0.2) is 31.6 Å². The first-order valence-electron chi connectivity index (χ1n) is 6.43. The smallest absolute Gasteiger partial charge is 0.152 e. The van der Waals surface area contributed by atoms with Crippen molar-refractivity contribution in [1.29, 1.82) is 0 Å². The Hall–Kier alpha value is -1.06. The molecule has 3 rings (SSSR count). The van der Waals surface area contributed by atoms with Crippen LogP contribution in [0.2, 0.25) is 5.02 Å². The van der Waals surface area contributed by atoms with E-state index >= 15 is 0 Å². The second-order valence-electron chi connectivity index (χ2n) is 4.90. The van der Waals surface area contributed by atoms with Crippen LogP contribution in [0.1, 0.15) is 29.6 Å². The molecule has 2 aliphatic rings. The number of carbonyl (C=O) groups is 1. The van der Waals surface area contributed by atoms with E-state index < -0.39 is 0 Å². The summed E-state index contributed by atoms with van der Waals surface area (Å²) in [5.74, 6) is 0. The molecule has 1 aliphatic heterocycles. The Morgan fingerprint density at radius 2 is 2.28 bits per heavy atom. The number of benzene rings is 1. The number of hydrogen-bond donors (Lipinski definition) is 0. The van der Waals surface area contributed by atoms with Gasteiger partial charge in [-0.3, -0.25) is 4.79 Å². The van der Waals surface area contributed by atoms with Gasteiger partial charge in [0.1, 0.15) is 0 Å². The van der Waals surface area contributed by atoms with Crippen molar-refractivity contribution >= 4 is 23.6 Å². The Labute approximate surface area is 112 Å². The summed E-state index contributed by atoms with van der Waals surface area (Å²) in [7, 11) is 0. The van der Waals surface area contributed by atoms with Gasteiger partial charge in [0.25, 0.3) is 0 Å². The first-order valence-corrected chi connectivity index (χ1v) is 6.81. The van der Waals surface area contributed by atoms with Crippen LogP contribution in [0.25, 0.3) is 0 Å². The lowest BCUT2D eigenvalue weighted by Gasteiger charge is -2.40. The van der Waals surface area contributed by atoms with Crippen LogP contribution < -0.4 is 4.90 Å². The SMILES string of the molecule is O=Cc1cccc(Cl)c1N1CCOC2CCCC21. The molecule has 0 N–H and O–H groups in total. The maximum atomic E-state index is 11.2. The second kappa shape index (κ2) is 4.90. The average molecular weight is 266 g/mol. The molecule has 1 aromatic carbocycles. The minimum Gasteiger partial charge on any atom is -0.374 e. The quantitative estimate of drug-likeness (QED) is 0.770. The summed E-state index contributed by atoms with van der Waals surface area (Å²) in [6.45, 7) is 1.52. The molecular formula is C14H16ClNO2. The molecule has 18 heavy (non-hydrogen) atoms. The number of para-hydroxylation sites is 1. The van der Waals surface area contributed by atoms with Gasteiger partial charge in [0.2, 0.25) is 0 Å². The van der Waals surface area contributed by atoms with Crippen molar-refractivity contribution in [2.75, 3.05) is 18.1 Å². The topological polar surface area (TPSA) is 29.5 Å². The van der Waals surface area contributed by atoms with E-state index in [0.29, 0.717) is 29.3 Å². The summed E-state index contributed by atoms with van der Waals surface area (Å²) in [6.07, 6.45) is 4.61. The number of ether oxygens (including phenoxy) is 1. The molecule has 0 radical (unpaired) electrons. The average Bonchev–Trinajstić information content (AvgIpc) is 2.86. The van der Waals surface area contributed by atoms with E-state index in [2.05, 4.69) is 4.90 Å². The van der Waals surface area contributed by atoms with Gasteiger partial charge >= 0.3 is 0 Å². The standard InChI is InChI=1S/C14H16ClNO2/c15-11-4-1-3-10(9-17)14(11)16-7-8-18-13-6-2-5-12(13)16/h1,3-4,9,12-13H,2,5-8H2. The van der Waals surface area contributed by atoms with E-state index in [0.717, 1.165) is 31.4 Å². The summed E-state index contributed by atoms with van der Waals surface area (Å²) in [5.41, 5.74) is 1.56. The van der Waals surface area contributed by atoms with Crippen LogP contribution in [0, 0.1) is 0 Å². The zero-order valence-corrected chi connectivity index (χ0v) is 10.9. The van der Waals surface area contributed by atoms with Crippen molar-refractivity contribution in [1.82, 2.24) is 0 Å². The highest BCUT2D eigenvalue weighted by Crippen LogP contribution is 2.37. The molecule has 1 heterocycles. The Bertz CT molecular complexity index is 463. The number of morpholine rings is 1. The predicted molar refractivity (Wildman–Crippen MR) is 71.6 cm³/mol. The fourth-order valence-corrected chi connectivity index (χ4v) is 3.42. The monoisotopic (exact) mass is 265 g/mol. The lowest BCUT2D eigenvalue weighted by molar-refractivity contribution is 0.0256. The molecule has 1 aliphatic carbocycles. The lowest BCUT2D eigenvalue weighted by Crippen LogP contribution is -2.49. The molecular weight excluding hydrogens is 250 g/mol. The van der Waals surface area contributed by atoms with E-state index in [1.165, 1.54) is 6.42 Å². The highest BCUT2D eigenvalue weighted by atomic mass is 35.5. The molecule has 0 amide bonds. The van der Waals surface area contributed by atoms with Gasteiger partial charge in [-0.15, -0.1) is 0 Å². The van der Waals surface area contributed by atoms with Crippen LogP contribution in [0.15, 0.2) is 18.2 Å². The first-order chi connectivity index (χ1) is 8.81. The van der Waals surface area contributed by atoms with Gasteiger partial charge in [-0.05, 0) is 31.4 Å². The third kappa shape index (κ3) is 1.91. The van der Waals surface area contributed by atoms with E-state index in [4.69, 9.17) is 16.3 Å². The van der Waals surface area contributed by atoms with E-state index in [9.17, 15) is 4.79 Å². The van der Waals surface area contributed by atoms with Crippen LogP contribution in [0.4, 0.5) is 5.69 Å². The highest BCUT2D eigenvalue weighted by molar-refractivity contribution is 6.34. The second-order valence-corrected chi connectivity index (χ2v) is 5.30. The molecule has 0 spiro atoms. The molecule has 4 heteroatoms. The van der Waals surface area contributed by atoms with Gasteiger partial charge in [0.05, 0.1) is 29.5 Å². The van der Waals surface area contributed by atoms with Crippen LogP contribution >= 0.6 is 11.6 Å². The van der Waals surface area contributed by atoms with Crippen LogP contribution in [0.5, 0.6) is 0 Å². The van der Waals surface area contributed by atoms with Crippen molar-refractivity contribution in [3.05, 3.63) is 28.8 Å². The molecule has 1 saturated carbocycles. The van der Waals surface area contributed by atoms with Crippen molar-refractivity contribution < 1.29 is 9.53 Å². The lowest BCUT2D eigenvalue weighted by atomic mass is 10.1. The number of nitrogens with zero attached hydrogens (tertiary/aromatic N) is 1. The number of carbonyl (C=O) groups excluding carboxylic acids is 1. The summed E-state index contributed by atoms with van der Waals surface area (Å²) in [4.78, 5) is 13.5. The van der Waals surface area contributed by atoms with Gasteiger partial charge in [0.15, 0.2) is 6.29 Å². The van der Waals surface area contributed by atoms with Gasteiger partial charge in [-0.25, -0.2) is 0 Å². The zero-order chi connectivity index (χ0) is 12.5. The van der Waals surface area contributed by atoms with E-state index in [1.807, 2.05) is 18.2 Å². The van der Waals surface area contributed by atoms with E-state index in [1.54, 1.807) is 0 Å². The number of aldehydes is 1. The Morgan fingerprint density at radius 3 is 3.11 bits per heavy atom. The molecule has 0 aromatic heterocycles. The molecule has 1 aromatic rings. The van der Waals surface area contributed by atoms with Crippen LogP contribution in [0.3, 0.4) is 0 Å². The highest BCUT2D eigenvalue weighted by Gasteiger charge is 2.37. The normalized spacial score (nSPS) is 27.1. The predicted octanol–water partition coefficient (Wildman–Crippen LogP) is 2.91. The Kier molecular flexibility index (Phi) is 3.27. The van der Waals surface area contributed by atoms with Crippen molar-refractivity contribution in [3.8, 4) is 0 Å². The third-order valence-corrected chi connectivity index (χ3v) is 4.22. The minimum atomic E-state index is 0.300. The molecule has 2 fully saturated rings.